The van der Waals surface area contributed by atoms with Gasteiger partial charge >= 0.3 is 0 Å². The Morgan fingerprint density at radius 3 is 2.93 bits per heavy atom. The van der Waals surface area contributed by atoms with Gasteiger partial charge in [-0.3, -0.25) is 4.79 Å². The van der Waals surface area contributed by atoms with E-state index >= 15 is 0 Å². The Balaban J connectivity index is 2.94. The quantitative estimate of drug-likeness (QED) is 0.735. The summed E-state index contributed by atoms with van der Waals surface area (Å²) in [6, 6.07) is 8.79. The van der Waals surface area contributed by atoms with E-state index in [4.69, 9.17) is 11.0 Å². The molecule has 0 bridgehead atoms. The number of carbonyl (C=O) groups excluding carboxylic acids is 1. The third-order valence-corrected chi connectivity index (χ3v) is 2.03. The standard InChI is InChI=1S/C11H12N2O/c1-8(14)9-3-2-4-10(7-9)11(13)5-6-12/h2-4,7,11H,5,13H2,1H3/t11-/m0/s1. The van der Waals surface area contributed by atoms with Gasteiger partial charge in [0, 0.05) is 11.6 Å². The van der Waals surface area contributed by atoms with Crippen molar-refractivity contribution in [1.82, 2.24) is 0 Å². The van der Waals surface area contributed by atoms with Gasteiger partial charge in [0.1, 0.15) is 0 Å². The van der Waals surface area contributed by atoms with E-state index < -0.39 is 0 Å². The molecule has 0 aromatic heterocycles. The second-order valence-electron chi connectivity index (χ2n) is 3.15. The predicted molar refractivity (Wildman–Crippen MR) is 53.6 cm³/mol. The van der Waals surface area contributed by atoms with E-state index in [9.17, 15) is 4.79 Å². The van der Waals surface area contributed by atoms with Gasteiger partial charge in [0.2, 0.25) is 0 Å². The Bertz CT molecular complexity index is 379. The maximum Gasteiger partial charge on any atom is 0.159 e. The van der Waals surface area contributed by atoms with E-state index in [0.717, 1.165) is 5.56 Å². The van der Waals surface area contributed by atoms with E-state index in [1.807, 2.05) is 12.1 Å². The number of rotatable bonds is 3. The summed E-state index contributed by atoms with van der Waals surface area (Å²) >= 11 is 0. The number of carbonyl (C=O) groups is 1. The highest BCUT2D eigenvalue weighted by molar-refractivity contribution is 5.94. The third-order valence-electron chi connectivity index (χ3n) is 2.03. The van der Waals surface area contributed by atoms with Gasteiger partial charge < -0.3 is 5.73 Å². The fourth-order valence-electron chi connectivity index (χ4n) is 1.20. The summed E-state index contributed by atoms with van der Waals surface area (Å²) in [7, 11) is 0. The number of nitrogens with zero attached hydrogens (tertiary/aromatic N) is 1. The molecule has 0 aliphatic heterocycles. The molecule has 0 amide bonds. The lowest BCUT2D eigenvalue weighted by molar-refractivity contribution is 0.101. The second-order valence-corrected chi connectivity index (χ2v) is 3.15. The molecule has 0 saturated heterocycles. The SMILES string of the molecule is CC(=O)c1cccc([C@@H](N)CC#N)c1. The Morgan fingerprint density at radius 2 is 2.36 bits per heavy atom. The van der Waals surface area contributed by atoms with E-state index in [-0.39, 0.29) is 18.2 Å². The summed E-state index contributed by atoms with van der Waals surface area (Å²) < 4.78 is 0. The second kappa shape index (κ2) is 4.54. The first-order valence-corrected chi connectivity index (χ1v) is 4.38. The van der Waals surface area contributed by atoms with Gasteiger partial charge in [-0.2, -0.15) is 5.26 Å². The van der Waals surface area contributed by atoms with Crippen LogP contribution in [0.25, 0.3) is 0 Å². The molecule has 2 N–H and O–H groups in total. The van der Waals surface area contributed by atoms with Crippen LogP contribution in [0.2, 0.25) is 0 Å². The number of hydrogen-bond donors (Lipinski definition) is 1. The monoisotopic (exact) mass is 188 g/mol. The summed E-state index contributed by atoms with van der Waals surface area (Å²) in [5, 5.41) is 8.48. The van der Waals surface area contributed by atoms with Crippen LogP contribution < -0.4 is 5.73 Å². The van der Waals surface area contributed by atoms with Crippen LogP contribution in [0.15, 0.2) is 24.3 Å². The average molecular weight is 188 g/mol. The van der Waals surface area contributed by atoms with Crippen molar-refractivity contribution in [3.05, 3.63) is 35.4 Å². The van der Waals surface area contributed by atoms with E-state index in [0.29, 0.717) is 5.56 Å². The molecule has 1 aromatic carbocycles. The summed E-state index contributed by atoms with van der Waals surface area (Å²) in [6.07, 6.45) is 0.265. The molecule has 72 valence electrons. The van der Waals surface area contributed by atoms with E-state index in [2.05, 4.69) is 0 Å². The van der Waals surface area contributed by atoms with Crippen molar-refractivity contribution in [2.45, 2.75) is 19.4 Å². The molecule has 0 radical (unpaired) electrons. The number of Topliss-reactive ketones (excluding diaryl/α,β-unsaturated/α-hetero) is 1. The van der Waals surface area contributed by atoms with Crippen LogP contribution in [0.1, 0.15) is 35.3 Å². The maximum absolute atomic E-state index is 11.1. The smallest absolute Gasteiger partial charge is 0.159 e. The highest BCUT2D eigenvalue weighted by Crippen LogP contribution is 2.15. The van der Waals surface area contributed by atoms with Gasteiger partial charge in [0.05, 0.1) is 12.5 Å². The van der Waals surface area contributed by atoms with Crippen LogP contribution in [-0.2, 0) is 0 Å². The van der Waals surface area contributed by atoms with Gasteiger partial charge in [-0.15, -0.1) is 0 Å². The molecular formula is C11H12N2O. The number of nitrogens with two attached hydrogens (primary N) is 1. The van der Waals surface area contributed by atoms with Crippen molar-refractivity contribution in [2.75, 3.05) is 0 Å². The summed E-state index contributed by atoms with van der Waals surface area (Å²) in [6.45, 7) is 1.51. The molecule has 1 atom stereocenters. The first-order valence-electron chi connectivity index (χ1n) is 4.38. The molecule has 1 aromatic rings. The molecule has 0 unspecified atom stereocenters. The minimum absolute atomic E-state index is 0.0102. The minimum Gasteiger partial charge on any atom is -0.323 e. The summed E-state index contributed by atoms with van der Waals surface area (Å²) in [5.41, 5.74) is 7.21. The zero-order valence-electron chi connectivity index (χ0n) is 8.03. The minimum atomic E-state index is -0.306. The van der Waals surface area contributed by atoms with E-state index in [1.165, 1.54) is 6.92 Å². The molecule has 0 fully saturated rings. The fraction of sp³-hybridized carbons (Fsp3) is 0.273. The lowest BCUT2D eigenvalue weighted by atomic mass is 10.0. The van der Waals surface area contributed by atoms with Gasteiger partial charge in [-0.1, -0.05) is 18.2 Å². The van der Waals surface area contributed by atoms with Crippen LogP contribution in [0.5, 0.6) is 0 Å². The largest absolute Gasteiger partial charge is 0.323 e. The highest BCUT2D eigenvalue weighted by Gasteiger charge is 2.07. The zero-order valence-corrected chi connectivity index (χ0v) is 8.03. The van der Waals surface area contributed by atoms with Crippen molar-refractivity contribution in [2.24, 2.45) is 5.73 Å². The Kier molecular flexibility index (Phi) is 3.38. The molecule has 0 spiro atoms. The van der Waals surface area contributed by atoms with Crippen LogP contribution in [0.4, 0.5) is 0 Å². The lowest BCUT2D eigenvalue weighted by Gasteiger charge is -2.08. The zero-order chi connectivity index (χ0) is 10.6. The molecule has 14 heavy (non-hydrogen) atoms. The van der Waals surface area contributed by atoms with Crippen LogP contribution >= 0.6 is 0 Å². The van der Waals surface area contributed by atoms with Crippen LogP contribution in [0, 0.1) is 11.3 Å². The molecule has 0 aliphatic carbocycles. The van der Waals surface area contributed by atoms with Crippen molar-refractivity contribution < 1.29 is 4.79 Å². The highest BCUT2D eigenvalue weighted by atomic mass is 16.1. The number of benzene rings is 1. The Labute approximate surface area is 83.2 Å². The number of ketones is 1. The summed E-state index contributed by atoms with van der Waals surface area (Å²) in [4.78, 5) is 11.1. The molecule has 3 nitrogen and oxygen atoms in total. The van der Waals surface area contributed by atoms with Gasteiger partial charge in [-0.25, -0.2) is 0 Å². The van der Waals surface area contributed by atoms with Gasteiger partial charge in [0.15, 0.2) is 5.78 Å². The van der Waals surface area contributed by atoms with Crippen LogP contribution in [0.3, 0.4) is 0 Å². The Hall–Kier alpha value is -1.66. The maximum atomic E-state index is 11.1. The molecule has 0 aliphatic rings. The van der Waals surface area contributed by atoms with Crippen molar-refractivity contribution >= 4 is 5.78 Å². The summed E-state index contributed by atoms with van der Waals surface area (Å²) in [5.74, 6) is 0.0102. The van der Waals surface area contributed by atoms with Gasteiger partial charge in [0.25, 0.3) is 0 Å². The van der Waals surface area contributed by atoms with Crippen molar-refractivity contribution in [3.63, 3.8) is 0 Å². The Morgan fingerprint density at radius 1 is 1.64 bits per heavy atom. The third kappa shape index (κ3) is 2.41. The average Bonchev–Trinajstić information content (AvgIpc) is 2.18. The van der Waals surface area contributed by atoms with Crippen LogP contribution in [-0.4, -0.2) is 5.78 Å². The molecule has 3 heteroatoms. The van der Waals surface area contributed by atoms with Gasteiger partial charge in [-0.05, 0) is 18.6 Å². The number of nitriles is 1. The van der Waals surface area contributed by atoms with Crippen molar-refractivity contribution in [1.29, 1.82) is 5.26 Å². The van der Waals surface area contributed by atoms with E-state index in [1.54, 1.807) is 18.2 Å². The topological polar surface area (TPSA) is 66.9 Å². The predicted octanol–water partition coefficient (Wildman–Crippen LogP) is 1.80. The van der Waals surface area contributed by atoms with Crippen molar-refractivity contribution in [3.8, 4) is 6.07 Å². The molecule has 1 rings (SSSR count). The molecule has 0 saturated carbocycles. The first-order chi connectivity index (χ1) is 6.65. The fourth-order valence-corrected chi connectivity index (χ4v) is 1.20. The molecular weight excluding hydrogens is 176 g/mol. The normalized spacial score (nSPS) is 11.8. The molecule has 0 heterocycles. The lowest BCUT2D eigenvalue weighted by Crippen LogP contribution is -2.09. The number of hydrogen-bond acceptors (Lipinski definition) is 3. The first kappa shape index (κ1) is 10.4.